The molecule has 0 aliphatic carbocycles. The Morgan fingerprint density at radius 2 is 1.31 bits per heavy atom. The van der Waals surface area contributed by atoms with Crippen LogP contribution in [-0.4, -0.2) is 36.0 Å². The molecule has 0 saturated carbocycles. The van der Waals surface area contributed by atoms with Crippen molar-refractivity contribution in [3.8, 4) is 0 Å². The number of hydrogen-bond acceptors (Lipinski definition) is 6. The molecule has 0 heterocycles. The first-order chi connectivity index (χ1) is 13.3. The Morgan fingerprint density at radius 3 is 1.69 bits per heavy atom. The maximum atomic E-state index is 12.1. The third kappa shape index (κ3) is 10.8. The van der Waals surface area contributed by atoms with E-state index in [-0.39, 0.29) is 6.61 Å². The zero-order valence-electron chi connectivity index (χ0n) is 18.0. The number of carbonyl (C=O) groups is 3. The molecule has 0 atom stereocenters. The molecule has 1 aromatic carbocycles. The molecule has 29 heavy (non-hydrogen) atoms. The summed E-state index contributed by atoms with van der Waals surface area (Å²) in [5, 5.41) is 5.22. The van der Waals surface area contributed by atoms with Gasteiger partial charge >= 0.3 is 18.2 Å². The van der Waals surface area contributed by atoms with E-state index in [1.165, 1.54) is 12.2 Å². The Morgan fingerprint density at radius 1 is 0.862 bits per heavy atom. The van der Waals surface area contributed by atoms with E-state index in [9.17, 15) is 14.4 Å². The van der Waals surface area contributed by atoms with Crippen molar-refractivity contribution in [2.45, 2.75) is 59.7 Å². The molecule has 0 unspecified atom stereocenters. The molecule has 1 aromatic rings. The Hall–Kier alpha value is -3.03. The molecular weight excluding hydrogens is 376 g/mol. The van der Waals surface area contributed by atoms with Gasteiger partial charge in [-0.2, -0.15) is 0 Å². The molecule has 0 radical (unpaired) electrons. The molecule has 8 nitrogen and oxygen atoms in total. The second-order valence-corrected chi connectivity index (χ2v) is 8.18. The fourth-order valence-corrected chi connectivity index (χ4v) is 2.09. The standard InChI is InChI=1S/C21H30N2O6/c1-8-27-17(24)10-9-14-11-15(22-18(25)28-20(2,3)4)13-16(12-14)23-19(26)29-21(5,6)7/h9-13H,8H2,1-7H3,(H,22,25)(H,23,26). The molecule has 2 amide bonds. The molecule has 0 spiro atoms. The van der Waals surface area contributed by atoms with Crippen molar-refractivity contribution in [3.05, 3.63) is 29.8 Å². The van der Waals surface area contributed by atoms with E-state index < -0.39 is 29.4 Å². The lowest BCUT2D eigenvalue weighted by molar-refractivity contribution is -0.137. The Kier molecular flexibility index (Phi) is 8.24. The highest BCUT2D eigenvalue weighted by Gasteiger charge is 2.18. The number of anilines is 2. The highest BCUT2D eigenvalue weighted by Crippen LogP contribution is 2.22. The summed E-state index contributed by atoms with van der Waals surface area (Å²) in [6.45, 7) is 12.5. The van der Waals surface area contributed by atoms with Crippen LogP contribution in [0.4, 0.5) is 21.0 Å². The fourth-order valence-electron chi connectivity index (χ4n) is 2.09. The molecule has 0 bridgehead atoms. The van der Waals surface area contributed by atoms with Crippen LogP contribution in [0.1, 0.15) is 54.0 Å². The minimum absolute atomic E-state index is 0.259. The van der Waals surface area contributed by atoms with Crippen LogP contribution in [0.2, 0.25) is 0 Å². The second kappa shape index (κ2) is 9.95. The van der Waals surface area contributed by atoms with Crippen LogP contribution in [0, 0.1) is 0 Å². The van der Waals surface area contributed by atoms with Crippen molar-refractivity contribution in [2.24, 2.45) is 0 Å². The Labute approximate surface area is 171 Å². The number of amides is 2. The first-order valence-corrected chi connectivity index (χ1v) is 9.27. The third-order valence-electron chi connectivity index (χ3n) is 2.94. The van der Waals surface area contributed by atoms with Gasteiger partial charge in [-0.1, -0.05) is 0 Å². The summed E-state index contributed by atoms with van der Waals surface area (Å²) >= 11 is 0. The molecule has 0 aromatic heterocycles. The summed E-state index contributed by atoms with van der Waals surface area (Å²) in [6, 6.07) is 4.80. The number of rotatable bonds is 5. The quantitative estimate of drug-likeness (QED) is 0.407. The fraction of sp³-hybridized carbons (Fsp3) is 0.476. The smallest absolute Gasteiger partial charge is 0.412 e. The van der Waals surface area contributed by atoms with Crippen LogP contribution in [0.3, 0.4) is 0 Å². The van der Waals surface area contributed by atoms with E-state index in [1.54, 1.807) is 66.7 Å². The second-order valence-electron chi connectivity index (χ2n) is 8.18. The van der Waals surface area contributed by atoms with Gasteiger partial charge in [0.1, 0.15) is 11.2 Å². The van der Waals surface area contributed by atoms with Gasteiger partial charge in [-0.15, -0.1) is 0 Å². The maximum absolute atomic E-state index is 12.1. The summed E-state index contributed by atoms with van der Waals surface area (Å²) in [7, 11) is 0. The molecule has 0 aliphatic rings. The predicted molar refractivity (Wildman–Crippen MR) is 112 cm³/mol. The summed E-state index contributed by atoms with van der Waals surface area (Å²) in [5.41, 5.74) is -0.0306. The zero-order chi connectivity index (χ0) is 22.2. The van der Waals surface area contributed by atoms with Crippen LogP contribution in [0.15, 0.2) is 24.3 Å². The van der Waals surface area contributed by atoms with E-state index >= 15 is 0 Å². The molecule has 0 aliphatic heterocycles. The number of benzene rings is 1. The monoisotopic (exact) mass is 406 g/mol. The summed E-state index contributed by atoms with van der Waals surface area (Å²) in [4.78, 5) is 35.7. The highest BCUT2D eigenvalue weighted by atomic mass is 16.6. The molecule has 0 saturated heterocycles. The van der Waals surface area contributed by atoms with Crippen LogP contribution < -0.4 is 10.6 Å². The molecule has 0 fully saturated rings. The number of hydrogen-bond donors (Lipinski definition) is 2. The minimum Gasteiger partial charge on any atom is -0.463 e. The van der Waals surface area contributed by atoms with Crippen molar-refractivity contribution in [1.82, 2.24) is 0 Å². The van der Waals surface area contributed by atoms with Crippen molar-refractivity contribution in [2.75, 3.05) is 17.2 Å². The van der Waals surface area contributed by atoms with Gasteiger partial charge in [0.25, 0.3) is 0 Å². The predicted octanol–water partition coefficient (Wildman–Crippen LogP) is 4.96. The Balaban J connectivity index is 3.09. The third-order valence-corrected chi connectivity index (χ3v) is 2.94. The summed E-state index contributed by atoms with van der Waals surface area (Å²) in [5.74, 6) is -0.500. The van der Waals surface area contributed by atoms with Crippen molar-refractivity contribution in [3.63, 3.8) is 0 Å². The van der Waals surface area contributed by atoms with E-state index in [2.05, 4.69) is 10.6 Å². The van der Waals surface area contributed by atoms with Crippen LogP contribution in [0.5, 0.6) is 0 Å². The van der Waals surface area contributed by atoms with Crippen LogP contribution in [0.25, 0.3) is 6.08 Å². The number of ether oxygens (including phenoxy) is 3. The van der Waals surface area contributed by atoms with Gasteiger partial charge in [0.2, 0.25) is 0 Å². The van der Waals surface area contributed by atoms with E-state index in [4.69, 9.17) is 14.2 Å². The minimum atomic E-state index is -0.664. The van der Waals surface area contributed by atoms with Crippen LogP contribution in [-0.2, 0) is 19.0 Å². The number of esters is 1. The zero-order valence-corrected chi connectivity index (χ0v) is 18.0. The summed E-state index contributed by atoms with van der Waals surface area (Å²) in [6.07, 6.45) is 1.48. The van der Waals surface area contributed by atoms with Crippen LogP contribution >= 0.6 is 0 Å². The lowest BCUT2D eigenvalue weighted by Gasteiger charge is -2.21. The van der Waals surface area contributed by atoms with Gasteiger partial charge < -0.3 is 14.2 Å². The van der Waals surface area contributed by atoms with Gasteiger partial charge in [0.15, 0.2) is 0 Å². The van der Waals surface area contributed by atoms with Crippen molar-refractivity contribution < 1.29 is 28.6 Å². The summed E-state index contributed by atoms with van der Waals surface area (Å²) < 4.78 is 15.3. The van der Waals surface area contributed by atoms with Crippen molar-refractivity contribution >= 4 is 35.6 Å². The number of carbonyl (C=O) groups excluding carboxylic acids is 3. The van der Waals surface area contributed by atoms with Gasteiger partial charge in [0.05, 0.1) is 6.61 Å². The first-order valence-electron chi connectivity index (χ1n) is 9.27. The van der Waals surface area contributed by atoms with Gasteiger partial charge in [0, 0.05) is 17.5 Å². The molecule has 1 rings (SSSR count). The average molecular weight is 406 g/mol. The normalized spacial score (nSPS) is 11.7. The average Bonchev–Trinajstić information content (AvgIpc) is 2.49. The lowest BCUT2D eigenvalue weighted by Crippen LogP contribution is -2.28. The first kappa shape index (κ1) is 24.0. The maximum Gasteiger partial charge on any atom is 0.412 e. The largest absolute Gasteiger partial charge is 0.463 e. The van der Waals surface area contributed by atoms with Gasteiger partial charge in [-0.25, -0.2) is 14.4 Å². The lowest BCUT2D eigenvalue weighted by atomic mass is 10.1. The van der Waals surface area contributed by atoms with Crippen molar-refractivity contribution in [1.29, 1.82) is 0 Å². The van der Waals surface area contributed by atoms with Gasteiger partial charge in [-0.05, 0) is 78.3 Å². The molecule has 160 valence electrons. The number of nitrogens with one attached hydrogen (secondary N) is 2. The van der Waals surface area contributed by atoms with E-state index in [0.29, 0.717) is 16.9 Å². The topological polar surface area (TPSA) is 103 Å². The molecular formula is C21H30N2O6. The molecule has 8 heteroatoms. The van der Waals surface area contributed by atoms with E-state index in [0.717, 1.165) is 0 Å². The van der Waals surface area contributed by atoms with Gasteiger partial charge in [-0.3, -0.25) is 10.6 Å². The SMILES string of the molecule is CCOC(=O)C=Cc1cc(NC(=O)OC(C)(C)C)cc(NC(=O)OC(C)(C)C)c1. The molecule has 2 N–H and O–H groups in total. The Bertz CT molecular complexity index is 724. The highest BCUT2D eigenvalue weighted by molar-refractivity contribution is 5.91. The van der Waals surface area contributed by atoms with E-state index in [1.807, 2.05) is 0 Å².